The largest absolute Gasteiger partial charge is 0.454 e. The highest BCUT2D eigenvalue weighted by Gasteiger charge is 2.18. The second-order valence-electron chi connectivity index (χ2n) is 5.99. The number of fused-ring (bicyclic) bond motifs is 1. The Bertz CT molecular complexity index is 1030. The highest BCUT2D eigenvalue weighted by molar-refractivity contribution is 7.99. The molecular formula is C20H16FN3O3S. The van der Waals surface area contributed by atoms with E-state index in [4.69, 9.17) is 9.47 Å². The maximum atomic E-state index is 13.2. The first kappa shape index (κ1) is 18.2. The number of allylic oxidation sites excluding steroid dienone is 1. The molecule has 0 aliphatic carbocycles. The number of ether oxygens (including phenoxy) is 2. The number of Topliss-reactive ketones (excluding diaryl/α,β-unsaturated/α-hetero) is 1. The van der Waals surface area contributed by atoms with Crippen LogP contribution in [0.2, 0.25) is 0 Å². The van der Waals surface area contributed by atoms with Gasteiger partial charge in [-0.3, -0.25) is 9.36 Å². The molecule has 0 amide bonds. The monoisotopic (exact) mass is 397 g/mol. The molecule has 3 aromatic rings. The molecule has 1 aliphatic heterocycles. The van der Waals surface area contributed by atoms with Gasteiger partial charge in [-0.05, 0) is 42.5 Å². The third-order valence-electron chi connectivity index (χ3n) is 4.16. The van der Waals surface area contributed by atoms with E-state index in [1.165, 1.54) is 23.9 Å². The molecule has 28 heavy (non-hydrogen) atoms. The summed E-state index contributed by atoms with van der Waals surface area (Å²) < 4.78 is 25.6. The normalized spacial score (nSPS) is 12.2. The highest BCUT2D eigenvalue weighted by atomic mass is 32.2. The lowest BCUT2D eigenvalue weighted by Gasteiger charge is -2.08. The average molecular weight is 397 g/mol. The van der Waals surface area contributed by atoms with Crippen LogP contribution in [0, 0.1) is 5.82 Å². The van der Waals surface area contributed by atoms with Gasteiger partial charge in [0.15, 0.2) is 28.3 Å². The molecule has 0 radical (unpaired) electrons. The van der Waals surface area contributed by atoms with Gasteiger partial charge in [0.05, 0.1) is 5.75 Å². The molecule has 0 bridgehead atoms. The molecule has 142 valence electrons. The van der Waals surface area contributed by atoms with Gasteiger partial charge in [0, 0.05) is 17.7 Å². The second-order valence-corrected chi connectivity index (χ2v) is 6.93. The zero-order valence-corrected chi connectivity index (χ0v) is 15.6. The number of nitrogens with zero attached hydrogens (tertiary/aromatic N) is 3. The number of hydrogen-bond acceptors (Lipinski definition) is 6. The summed E-state index contributed by atoms with van der Waals surface area (Å²) in [6.45, 7) is 4.40. The zero-order chi connectivity index (χ0) is 19.5. The van der Waals surface area contributed by atoms with Crippen LogP contribution in [0.5, 0.6) is 11.5 Å². The Labute approximate surface area is 165 Å². The van der Waals surface area contributed by atoms with Crippen LogP contribution in [-0.2, 0) is 6.54 Å². The van der Waals surface area contributed by atoms with Gasteiger partial charge in [0.1, 0.15) is 5.82 Å². The van der Waals surface area contributed by atoms with E-state index in [0.29, 0.717) is 34.6 Å². The molecule has 0 spiro atoms. The molecule has 1 aromatic heterocycles. The molecule has 0 atom stereocenters. The third kappa shape index (κ3) is 3.63. The molecule has 8 heteroatoms. The Morgan fingerprint density at radius 1 is 1.18 bits per heavy atom. The topological polar surface area (TPSA) is 66.2 Å². The lowest BCUT2D eigenvalue weighted by Crippen LogP contribution is -2.05. The number of benzene rings is 2. The van der Waals surface area contributed by atoms with E-state index in [2.05, 4.69) is 16.8 Å². The number of thioether (sulfide) groups is 1. The summed E-state index contributed by atoms with van der Waals surface area (Å²) in [6, 6.07) is 11.2. The Morgan fingerprint density at radius 3 is 2.75 bits per heavy atom. The quantitative estimate of drug-likeness (QED) is 0.341. The number of hydrogen-bond donors (Lipinski definition) is 0. The molecule has 0 unspecified atom stereocenters. The summed E-state index contributed by atoms with van der Waals surface area (Å²) in [7, 11) is 0. The van der Waals surface area contributed by atoms with Crippen molar-refractivity contribution in [1.29, 1.82) is 0 Å². The van der Waals surface area contributed by atoms with Gasteiger partial charge < -0.3 is 9.47 Å². The predicted octanol–water partition coefficient (Wildman–Crippen LogP) is 3.97. The number of halogens is 1. The van der Waals surface area contributed by atoms with Gasteiger partial charge in [0.25, 0.3) is 0 Å². The second kappa shape index (κ2) is 7.85. The van der Waals surface area contributed by atoms with Crippen LogP contribution in [0.25, 0.3) is 11.4 Å². The number of rotatable bonds is 7. The molecule has 0 N–H and O–H groups in total. The van der Waals surface area contributed by atoms with Crippen molar-refractivity contribution in [2.75, 3.05) is 12.5 Å². The van der Waals surface area contributed by atoms with Crippen LogP contribution >= 0.6 is 11.8 Å². The van der Waals surface area contributed by atoms with E-state index in [1.807, 2.05) is 4.57 Å². The predicted molar refractivity (Wildman–Crippen MR) is 103 cm³/mol. The van der Waals surface area contributed by atoms with E-state index in [-0.39, 0.29) is 24.1 Å². The van der Waals surface area contributed by atoms with Gasteiger partial charge in [-0.15, -0.1) is 16.8 Å². The minimum absolute atomic E-state index is 0.0558. The fourth-order valence-electron chi connectivity index (χ4n) is 2.79. The zero-order valence-electron chi connectivity index (χ0n) is 14.8. The van der Waals surface area contributed by atoms with Crippen molar-refractivity contribution < 1.29 is 18.7 Å². The van der Waals surface area contributed by atoms with E-state index >= 15 is 0 Å². The van der Waals surface area contributed by atoms with Crippen LogP contribution < -0.4 is 9.47 Å². The van der Waals surface area contributed by atoms with Gasteiger partial charge in [0.2, 0.25) is 6.79 Å². The summed E-state index contributed by atoms with van der Waals surface area (Å²) in [6.07, 6.45) is 1.72. The first-order valence-corrected chi connectivity index (χ1v) is 9.50. The molecule has 0 saturated carbocycles. The highest BCUT2D eigenvalue weighted by Crippen LogP contribution is 2.33. The first-order chi connectivity index (χ1) is 13.7. The summed E-state index contributed by atoms with van der Waals surface area (Å²) in [5, 5.41) is 8.99. The van der Waals surface area contributed by atoms with Crippen LogP contribution in [0.3, 0.4) is 0 Å². The molecule has 0 saturated heterocycles. The van der Waals surface area contributed by atoms with Crippen molar-refractivity contribution in [1.82, 2.24) is 14.8 Å². The fourth-order valence-corrected chi connectivity index (χ4v) is 3.63. The Morgan fingerprint density at radius 2 is 1.96 bits per heavy atom. The van der Waals surface area contributed by atoms with Gasteiger partial charge >= 0.3 is 0 Å². The molecule has 1 aliphatic rings. The van der Waals surface area contributed by atoms with Gasteiger partial charge in [-0.1, -0.05) is 17.8 Å². The van der Waals surface area contributed by atoms with Crippen molar-refractivity contribution in [3.63, 3.8) is 0 Å². The van der Waals surface area contributed by atoms with Gasteiger partial charge in [-0.2, -0.15) is 0 Å². The lowest BCUT2D eigenvalue weighted by atomic mass is 10.1. The summed E-state index contributed by atoms with van der Waals surface area (Å²) in [5.41, 5.74) is 1.29. The number of ketones is 1. The summed E-state index contributed by atoms with van der Waals surface area (Å²) in [4.78, 5) is 12.6. The van der Waals surface area contributed by atoms with E-state index < -0.39 is 0 Å². The van der Waals surface area contributed by atoms with E-state index in [0.717, 1.165) is 5.56 Å². The average Bonchev–Trinajstić information content (AvgIpc) is 3.33. The Balaban J connectivity index is 1.52. The van der Waals surface area contributed by atoms with Crippen LogP contribution in [-0.4, -0.2) is 33.1 Å². The molecule has 4 rings (SSSR count). The molecule has 0 fully saturated rings. The maximum absolute atomic E-state index is 13.2. The molecule has 2 heterocycles. The molecular weight excluding hydrogens is 381 g/mol. The van der Waals surface area contributed by atoms with Crippen molar-refractivity contribution in [2.45, 2.75) is 11.7 Å². The number of aromatic nitrogens is 3. The summed E-state index contributed by atoms with van der Waals surface area (Å²) in [5.74, 6) is 1.63. The molecule has 2 aromatic carbocycles. The smallest absolute Gasteiger partial charge is 0.231 e. The maximum Gasteiger partial charge on any atom is 0.231 e. The first-order valence-electron chi connectivity index (χ1n) is 8.51. The SMILES string of the molecule is C=CCn1c(SCC(=O)c2ccc3c(c2)OCO3)nnc1-c1ccc(F)cc1. The van der Waals surface area contributed by atoms with E-state index in [1.54, 1.807) is 36.4 Å². The standard InChI is InChI=1S/C20H16FN3O3S/c1-2-9-24-19(13-3-6-15(21)7-4-13)22-23-20(24)28-11-16(25)14-5-8-17-18(10-14)27-12-26-17/h2-8,10H,1,9,11-12H2. The van der Waals surface area contributed by atoms with Crippen molar-refractivity contribution in [2.24, 2.45) is 0 Å². The van der Waals surface area contributed by atoms with Gasteiger partial charge in [-0.25, -0.2) is 4.39 Å². The fraction of sp³-hybridized carbons (Fsp3) is 0.150. The minimum Gasteiger partial charge on any atom is -0.454 e. The van der Waals surface area contributed by atoms with Crippen LogP contribution in [0.1, 0.15) is 10.4 Å². The Hall–Kier alpha value is -3.13. The van der Waals surface area contributed by atoms with Crippen LogP contribution in [0.4, 0.5) is 4.39 Å². The molecule has 6 nitrogen and oxygen atoms in total. The lowest BCUT2D eigenvalue weighted by molar-refractivity contribution is 0.102. The minimum atomic E-state index is -0.317. The Kier molecular flexibility index (Phi) is 5.12. The van der Waals surface area contributed by atoms with Crippen LogP contribution in [0.15, 0.2) is 60.3 Å². The van der Waals surface area contributed by atoms with Crippen molar-refractivity contribution >= 4 is 17.5 Å². The van der Waals surface area contributed by atoms with Crippen molar-refractivity contribution in [3.05, 3.63) is 66.5 Å². The van der Waals surface area contributed by atoms with Crippen molar-refractivity contribution in [3.8, 4) is 22.9 Å². The number of carbonyl (C=O) groups is 1. The van der Waals surface area contributed by atoms with E-state index in [9.17, 15) is 9.18 Å². The number of carbonyl (C=O) groups excluding carboxylic acids is 1. The summed E-state index contributed by atoms with van der Waals surface area (Å²) >= 11 is 1.29. The third-order valence-corrected chi connectivity index (χ3v) is 5.12.